The highest BCUT2D eigenvalue weighted by Gasteiger charge is 2.24. The number of aromatic nitrogens is 1. The fourth-order valence-corrected chi connectivity index (χ4v) is 1.93. The Kier molecular flexibility index (Phi) is 5.93. The average molecular weight is 281 g/mol. The molecule has 114 valence electrons. The average Bonchev–Trinajstić information content (AvgIpc) is 2.37. The predicted molar refractivity (Wildman–Crippen MR) is 83.5 cm³/mol. The Labute approximate surface area is 122 Å². The second-order valence-electron chi connectivity index (χ2n) is 6.39. The van der Waals surface area contributed by atoms with Gasteiger partial charge < -0.3 is 10.2 Å². The number of pyridine rings is 1. The van der Waals surface area contributed by atoms with Crippen LogP contribution in [0.15, 0.2) is 12.3 Å². The molecule has 0 aliphatic carbocycles. The summed E-state index contributed by atoms with van der Waals surface area (Å²) in [6.45, 7) is 12.4. The lowest BCUT2D eigenvalue weighted by Gasteiger charge is -2.37. The van der Waals surface area contributed by atoms with Gasteiger partial charge in [0, 0.05) is 24.7 Å². The van der Waals surface area contributed by atoms with Crippen molar-refractivity contribution in [2.45, 2.75) is 53.1 Å². The van der Waals surface area contributed by atoms with Gasteiger partial charge in [-0.2, -0.15) is 0 Å². The molecular formula is C16H28FN3. The van der Waals surface area contributed by atoms with Crippen molar-refractivity contribution in [3.8, 4) is 0 Å². The van der Waals surface area contributed by atoms with E-state index in [-0.39, 0.29) is 11.4 Å². The van der Waals surface area contributed by atoms with Crippen LogP contribution in [-0.2, 0) is 6.54 Å². The molecule has 1 aromatic rings. The Bertz CT molecular complexity index is 430. The van der Waals surface area contributed by atoms with Crippen molar-refractivity contribution < 1.29 is 4.39 Å². The summed E-state index contributed by atoms with van der Waals surface area (Å²) in [5.41, 5.74) is 0.909. The molecule has 0 bridgehead atoms. The van der Waals surface area contributed by atoms with E-state index in [2.05, 4.69) is 49.8 Å². The zero-order chi connectivity index (χ0) is 15.3. The van der Waals surface area contributed by atoms with Gasteiger partial charge in [-0.1, -0.05) is 20.8 Å². The third-order valence-electron chi connectivity index (χ3n) is 3.87. The summed E-state index contributed by atoms with van der Waals surface area (Å²) >= 11 is 0. The molecule has 0 spiro atoms. The molecule has 1 rings (SSSR count). The maximum Gasteiger partial charge on any atom is 0.141 e. The van der Waals surface area contributed by atoms with Gasteiger partial charge in [0.05, 0.1) is 6.20 Å². The van der Waals surface area contributed by atoms with Crippen LogP contribution < -0.4 is 10.2 Å². The molecule has 0 aliphatic heterocycles. The summed E-state index contributed by atoms with van der Waals surface area (Å²) in [6.07, 6.45) is 2.30. The van der Waals surface area contributed by atoms with Crippen molar-refractivity contribution in [3.63, 3.8) is 0 Å². The summed E-state index contributed by atoms with van der Waals surface area (Å²) in [6, 6.07) is 1.58. The lowest BCUT2D eigenvalue weighted by molar-refractivity contribution is 0.463. The van der Waals surface area contributed by atoms with Gasteiger partial charge in [-0.3, -0.25) is 0 Å². The van der Waals surface area contributed by atoms with Gasteiger partial charge in [0.25, 0.3) is 0 Å². The Balaban J connectivity index is 2.95. The summed E-state index contributed by atoms with van der Waals surface area (Å²) in [5, 5.41) is 3.36. The number of anilines is 1. The van der Waals surface area contributed by atoms with E-state index in [1.165, 1.54) is 6.20 Å². The molecule has 0 aromatic carbocycles. The quantitative estimate of drug-likeness (QED) is 0.828. The molecule has 0 aliphatic rings. The number of rotatable bonds is 7. The van der Waals surface area contributed by atoms with E-state index in [1.807, 2.05) is 7.05 Å². The van der Waals surface area contributed by atoms with Crippen LogP contribution in [0.5, 0.6) is 0 Å². The van der Waals surface area contributed by atoms with Gasteiger partial charge in [-0.15, -0.1) is 0 Å². The molecule has 0 radical (unpaired) electrons. The molecule has 0 fully saturated rings. The standard InChI is InChI=1S/C16H28FN3/c1-7-16(4,5)20(6)15-13(8-14(17)11-19-15)10-18-9-12(2)3/h8,11-12,18H,7,9-10H2,1-6H3. The van der Waals surface area contributed by atoms with E-state index >= 15 is 0 Å². The molecule has 0 amide bonds. The lowest BCUT2D eigenvalue weighted by Crippen LogP contribution is -2.41. The van der Waals surface area contributed by atoms with Crippen molar-refractivity contribution in [3.05, 3.63) is 23.6 Å². The largest absolute Gasteiger partial charge is 0.354 e. The number of halogens is 1. The first-order chi connectivity index (χ1) is 9.27. The van der Waals surface area contributed by atoms with E-state index in [0.29, 0.717) is 12.5 Å². The molecular weight excluding hydrogens is 253 g/mol. The van der Waals surface area contributed by atoms with Crippen LogP contribution in [0.3, 0.4) is 0 Å². The summed E-state index contributed by atoms with van der Waals surface area (Å²) < 4.78 is 13.5. The van der Waals surface area contributed by atoms with Crippen molar-refractivity contribution >= 4 is 5.82 Å². The first-order valence-corrected chi connectivity index (χ1v) is 7.37. The van der Waals surface area contributed by atoms with Crippen LogP contribution >= 0.6 is 0 Å². The third kappa shape index (κ3) is 4.44. The first kappa shape index (κ1) is 16.9. The minimum atomic E-state index is -0.280. The SMILES string of the molecule is CCC(C)(C)N(C)c1ncc(F)cc1CNCC(C)C. The summed E-state index contributed by atoms with van der Waals surface area (Å²) in [7, 11) is 2.02. The molecule has 0 unspecified atom stereocenters. The molecule has 1 heterocycles. The highest BCUT2D eigenvalue weighted by Crippen LogP contribution is 2.26. The first-order valence-electron chi connectivity index (χ1n) is 7.37. The van der Waals surface area contributed by atoms with Crippen molar-refractivity contribution in [1.82, 2.24) is 10.3 Å². The molecule has 1 aromatic heterocycles. The number of hydrogen-bond donors (Lipinski definition) is 1. The van der Waals surface area contributed by atoms with Gasteiger partial charge in [0.2, 0.25) is 0 Å². The normalized spacial score (nSPS) is 12.0. The smallest absolute Gasteiger partial charge is 0.141 e. The Morgan fingerprint density at radius 2 is 2.05 bits per heavy atom. The van der Waals surface area contributed by atoms with Crippen molar-refractivity contribution in [2.75, 3.05) is 18.5 Å². The van der Waals surface area contributed by atoms with Gasteiger partial charge in [-0.25, -0.2) is 9.37 Å². The molecule has 0 saturated heterocycles. The van der Waals surface area contributed by atoms with E-state index < -0.39 is 0 Å². The Morgan fingerprint density at radius 3 is 2.60 bits per heavy atom. The monoisotopic (exact) mass is 281 g/mol. The van der Waals surface area contributed by atoms with Gasteiger partial charge in [-0.05, 0) is 38.8 Å². The number of hydrogen-bond acceptors (Lipinski definition) is 3. The zero-order valence-electron chi connectivity index (χ0n) is 13.6. The fraction of sp³-hybridized carbons (Fsp3) is 0.688. The molecule has 3 nitrogen and oxygen atoms in total. The van der Waals surface area contributed by atoms with E-state index in [9.17, 15) is 4.39 Å². The summed E-state index contributed by atoms with van der Waals surface area (Å²) in [5.74, 6) is 1.15. The second kappa shape index (κ2) is 7.02. The zero-order valence-corrected chi connectivity index (χ0v) is 13.6. The molecule has 1 N–H and O–H groups in total. The highest BCUT2D eigenvalue weighted by atomic mass is 19.1. The summed E-state index contributed by atoms with van der Waals surface area (Å²) in [4.78, 5) is 6.44. The maximum absolute atomic E-state index is 13.5. The van der Waals surface area contributed by atoms with Crippen LogP contribution in [-0.4, -0.2) is 24.1 Å². The lowest BCUT2D eigenvalue weighted by atomic mass is 9.99. The van der Waals surface area contributed by atoms with Crippen molar-refractivity contribution in [1.29, 1.82) is 0 Å². The maximum atomic E-state index is 13.5. The van der Waals surface area contributed by atoms with E-state index in [0.717, 1.165) is 24.3 Å². The van der Waals surface area contributed by atoms with Crippen LogP contribution in [0.4, 0.5) is 10.2 Å². The second-order valence-corrected chi connectivity index (χ2v) is 6.39. The van der Waals surface area contributed by atoms with Crippen LogP contribution in [0.1, 0.15) is 46.6 Å². The molecule has 4 heteroatoms. The van der Waals surface area contributed by atoms with Gasteiger partial charge in [0.1, 0.15) is 11.6 Å². The van der Waals surface area contributed by atoms with E-state index in [4.69, 9.17) is 0 Å². The third-order valence-corrected chi connectivity index (χ3v) is 3.87. The number of nitrogens with zero attached hydrogens (tertiary/aromatic N) is 2. The Hall–Kier alpha value is -1.16. The van der Waals surface area contributed by atoms with Gasteiger partial charge >= 0.3 is 0 Å². The minimum absolute atomic E-state index is 0.00235. The predicted octanol–water partition coefficient (Wildman–Crippen LogP) is 3.59. The topological polar surface area (TPSA) is 28.2 Å². The highest BCUT2D eigenvalue weighted by molar-refractivity contribution is 5.48. The van der Waals surface area contributed by atoms with E-state index in [1.54, 1.807) is 6.07 Å². The van der Waals surface area contributed by atoms with Crippen LogP contribution in [0.2, 0.25) is 0 Å². The minimum Gasteiger partial charge on any atom is -0.354 e. The Morgan fingerprint density at radius 1 is 1.40 bits per heavy atom. The number of nitrogens with one attached hydrogen (secondary N) is 1. The van der Waals surface area contributed by atoms with Crippen LogP contribution in [0, 0.1) is 11.7 Å². The van der Waals surface area contributed by atoms with Crippen molar-refractivity contribution in [2.24, 2.45) is 5.92 Å². The molecule has 0 atom stereocenters. The van der Waals surface area contributed by atoms with Crippen LogP contribution in [0.25, 0.3) is 0 Å². The van der Waals surface area contributed by atoms with Gasteiger partial charge in [0.15, 0.2) is 0 Å². The molecule has 20 heavy (non-hydrogen) atoms. The fourth-order valence-electron chi connectivity index (χ4n) is 1.93. The molecule has 0 saturated carbocycles.